The normalized spacial score (nSPS) is 13.0. The van der Waals surface area contributed by atoms with E-state index in [1.165, 1.54) is 6.92 Å². The fourth-order valence-corrected chi connectivity index (χ4v) is 5.21. The molecule has 10 nitrogen and oxygen atoms in total. The van der Waals surface area contributed by atoms with E-state index in [0.717, 1.165) is 0 Å². The number of carbonyl (C=O) groups is 5. The van der Waals surface area contributed by atoms with Crippen LogP contribution in [0, 0.1) is 5.92 Å². The molecule has 0 bridgehead atoms. The van der Waals surface area contributed by atoms with E-state index < -0.39 is 47.2 Å². The molecule has 0 radical (unpaired) electrons. The number of para-hydroxylation sites is 1. The van der Waals surface area contributed by atoms with Gasteiger partial charge in [0.25, 0.3) is 11.8 Å². The maximum atomic E-state index is 14.4. The van der Waals surface area contributed by atoms with Gasteiger partial charge >= 0.3 is 11.9 Å². The predicted molar refractivity (Wildman–Crippen MR) is 182 cm³/mol. The third kappa shape index (κ3) is 8.06. The molecule has 0 aliphatic heterocycles. The summed E-state index contributed by atoms with van der Waals surface area (Å²) < 4.78 is 0. The Bertz CT molecular complexity index is 1890. The molecular weight excluding hydrogens is 622 g/mol. The molecule has 0 spiro atoms. The Kier molecular flexibility index (Phi) is 10.9. The lowest BCUT2D eigenvalue weighted by molar-refractivity contribution is -0.266. The molecule has 10 heteroatoms. The van der Waals surface area contributed by atoms with Crippen molar-refractivity contribution in [1.29, 1.82) is 0 Å². The number of anilines is 1. The molecule has 5 rings (SSSR count). The molecule has 0 heterocycles. The molecular formula is C39H33N3O7. The summed E-state index contributed by atoms with van der Waals surface area (Å²) in [4.78, 5) is 78.9. The molecule has 0 saturated carbocycles. The largest absolute Gasteiger partial charge is 0.386 e. The van der Waals surface area contributed by atoms with Crippen molar-refractivity contribution in [2.24, 2.45) is 5.92 Å². The van der Waals surface area contributed by atoms with Gasteiger partial charge in [-0.1, -0.05) is 122 Å². The topological polar surface area (TPSA) is 140 Å². The number of benzene rings is 5. The molecule has 5 aromatic rings. The third-order valence-corrected chi connectivity index (χ3v) is 7.86. The lowest BCUT2D eigenvalue weighted by Crippen LogP contribution is -2.59. The van der Waals surface area contributed by atoms with Crippen LogP contribution in [-0.4, -0.2) is 29.7 Å². The summed E-state index contributed by atoms with van der Waals surface area (Å²) in [5.74, 6) is -5.60. The van der Waals surface area contributed by atoms with Crippen molar-refractivity contribution in [3.63, 3.8) is 0 Å². The zero-order valence-electron chi connectivity index (χ0n) is 26.4. The molecule has 0 aliphatic carbocycles. The first-order chi connectivity index (χ1) is 23.8. The maximum Gasteiger partial charge on any atom is 0.386 e. The van der Waals surface area contributed by atoms with Crippen LogP contribution < -0.4 is 16.0 Å². The number of amides is 3. The summed E-state index contributed by atoms with van der Waals surface area (Å²) in [6.45, 7) is 1.45. The van der Waals surface area contributed by atoms with E-state index in [1.807, 2.05) is 0 Å². The fraction of sp³-hybridized carbons (Fsp3) is 0.103. The molecule has 0 aliphatic rings. The van der Waals surface area contributed by atoms with E-state index in [0.29, 0.717) is 11.3 Å². The van der Waals surface area contributed by atoms with Crippen LogP contribution in [0.25, 0.3) is 0 Å². The Labute approximate surface area is 283 Å². The Morgan fingerprint density at radius 1 is 0.571 bits per heavy atom. The van der Waals surface area contributed by atoms with Gasteiger partial charge in [0.1, 0.15) is 0 Å². The van der Waals surface area contributed by atoms with Gasteiger partial charge in [-0.3, -0.25) is 14.4 Å². The minimum Gasteiger partial charge on any atom is -0.335 e. The van der Waals surface area contributed by atoms with Crippen molar-refractivity contribution in [3.05, 3.63) is 174 Å². The summed E-state index contributed by atoms with van der Waals surface area (Å²) >= 11 is 0. The highest BCUT2D eigenvalue weighted by Crippen LogP contribution is 2.34. The maximum absolute atomic E-state index is 14.4. The first kappa shape index (κ1) is 33.8. The second-order valence-electron chi connectivity index (χ2n) is 11.0. The zero-order chi connectivity index (χ0) is 34.6. The van der Waals surface area contributed by atoms with Gasteiger partial charge in [-0.25, -0.2) is 19.4 Å². The highest BCUT2D eigenvalue weighted by Gasteiger charge is 2.52. The fourth-order valence-electron chi connectivity index (χ4n) is 5.21. The van der Waals surface area contributed by atoms with Gasteiger partial charge in [0.15, 0.2) is 11.6 Å². The summed E-state index contributed by atoms with van der Waals surface area (Å²) in [6, 6.07) is 39.9. The SMILES string of the molecule is CC(C(=O)Nc1ccccc1)C(NC(=O)c1ccccc1)(C(=O)OOC(=O)C(NC(=O)c1ccccc1)c1ccccc1)c1ccccc1. The molecule has 5 aromatic carbocycles. The highest BCUT2D eigenvalue weighted by molar-refractivity contribution is 6.03. The lowest BCUT2D eigenvalue weighted by atomic mass is 9.77. The van der Waals surface area contributed by atoms with Gasteiger partial charge < -0.3 is 16.0 Å². The minimum absolute atomic E-state index is 0.188. The number of rotatable bonds is 11. The van der Waals surface area contributed by atoms with Crippen molar-refractivity contribution in [3.8, 4) is 0 Å². The molecule has 3 unspecified atom stereocenters. The van der Waals surface area contributed by atoms with E-state index in [4.69, 9.17) is 9.78 Å². The standard InChI is InChI=1S/C39H33N3O7/c1-27(34(43)40-32-25-15-6-16-26-32)39(31-23-13-5-14-24-31,42-36(45)30-21-11-4-12-22-30)38(47)49-48-37(46)33(28-17-7-2-8-18-28)41-35(44)29-19-9-3-10-20-29/h2-27,33H,1H3,(H,40,43)(H,41,44)(H,42,45). The van der Waals surface area contributed by atoms with Gasteiger partial charge in [0.05, 0.1) is 5.92 Å². The third-order valence-electron chi connectivity index (χ3n) is 7.86. The predicted octanol–water partition coefficient (Wildman–Crippen LogP) is 5.76. The van der Waals surface area contributed by atoms with Crippen molar-refractivity contribution < 1.29 is 33.7 Å². The second kappa shape index (κ2) is 15.8. The van der Waals surface area contributed by atoms with E-state index >= 15 is 0 Å². The molecule has 0 fully saturated rings. The Hall–Kier alpha value is -6.55. The quantitative estimate of drug-likeness (QED) is 0.121. The van der Waals surface area contributed by atoms with E-state index in [9.17, 15) is 24.0 Å². The Balaban J connectivity index is 1.49. The minimum atomic E-state index is -2.21. The molecule has 3 atom stereocenters. The summed E-state index contributed by atoms with van der Waals surface area (Å²) in [7, 11) is 0. The summed E-state index contributed by atoms with van der Waals surface area (Å²) in [5.41, 5.74) is -0.712. The van der Waals surface area contributed by atoms with Crippen LogP contribution in [0.15, 0.2) is 152 Å². The molecule has 49 heavy (non-hydrogen) atoms. The number of hydrogen-bond acceptors (Lipinski definition) is 7. The van der Waals surface area contributed by atoms with E-state index in [2.05, 4.69) is 16.0 Å². The Morgan fingerprint density at radius 3 is 1.59 bits per heavy atom. The monoisotopic (exact) mass is 655 g/mol. The van der Waals surface area contributed by atoms with Crippen LogP contribution >= 0.6 is 0 Å². The number of nitrogens with one attached hydrogen (secondary N) is 3. The first-order valence-corrected chi connectivity index (χ1v) is 15.4. The van der Waals surface area contributed by atoms with Crippen LogP contribution in [0.2, 0.25) is 0 Å². The average Bonchev–Trinajstić information content (AvgIpc) is 3.16. The van der Waals surface area contributed by atoms with Gasteiger partial charge in [-0.15, -0.1) is 0 Å². The lowest BCUT2D eigenvalue weighted by Gasteiger charge is -2.36. The van der Waals surface area contributed by atoms with Gasteiger partial charge in [0, 0.05) is 16.8 Å². The number of hydrogen-bond donors (Lipinski definition) is 3. The summed E-state index contributed by atoms with van der Waals surface area (Å²) in [5, 5.41) is 8.13. The number of carbonyl (C=O) groups excluding carboxylic acids is 5. The van der Waals surface area contributed by atoms with Gasteiger partial charge in [-0.05, 0) is 47.5 Å². The first-order valence-electron chi connectivity index (χ1n) is 15.4. The van der Waals surface area contributed by atoms with E-state index in [1.54, 1.807) is 152 Å². The molecule has 0 saturated heterocycles. The molecule has 3 N–H and O–H groups in total. The van der Waals surface area contributed by atoms with E-state index in [-0.39, 0.29) is 16.7 Å². The Morgan fingerprint density at radius 2 is 1.04 bits per heavy atom. The van der Waals surface area contributed by atoms with Crippen molar-refractivity contribution >= 4 is 35.3 Å². The van der Waals surface area contributed by atoms with Crippen molar-refractivity contribution in [1.82, 2.24) is 10.6 Å². The van der Waals surface area contributed by atoms with Crippen molar-refractivity contribution in [2.75, 3.05) is 5.32 Å². The van der Waals surface area contributed by atoms with Gasteiger partial charge in [0.2, 0.25) is 5.91 Å². The summed E-state index contributed by atoms with van der Waals surface area (Å²) in [6.07, 6.45) is 0. The zero-order valence-corrected chi connectivity index (χ0v) is 26.4. The average molecular weight is 656 g/mol. The van der Waals surface area contributed by atoms with Crippen LogP contribution in [-0.2, 0) is 29.7 Å². The molecule has 3 amide bonds. The molecule has 246 valence electrons. The second-order valence-corrected chi connectivity index (χ2v) is 11.0. The van der Waals surface area contributed by atoms with Gasteiger partial charge in [-0.2, -0.15) is 0 Å². The molecule has 0 aromatic heterocycles. The highest BCUT2D eigenvalue weighted by atomic mass is 17.2. The van der Waals surface area contributed by atoms with Crippen LogP contribution in [0.3, 0.4) is 0 Å². The van der Waals surface area contributed by atoms with Crippen LogP contribution in [0.1, 0.15) is 44.8 Å². The van der Waals surface area contributed by atoms with Crippen LogP contribution in [0.5, 0.6) is 0 Å². The smallest absolute Gasteiger partial charge is 0.335 e. The van der Waals surface area contributed by atoms with Crippen LogP contribution in [0.4, 0.5) is 5.69 Å². The van der Waals surface area contributed by atoms with Crippen molar-refractivity contribution in [2.45, 2.75) is 18.5 Å².